The molecule has 0 aliphatic carbocycles. The van der Waals surface area contributed by atoms with Crippen LogP contribution in [0.4, 0.5) is 0 Å². The van der Waals surface area contributed by atoms with Crippen LogP contribution in [0.5, 0.6) is 0 Å². The Morgan fingerprint density at radius 1 is 1.30 bits per heavy atom. The monoisotopic (exact) mass is 317 g/mol. The molecule has 3 rings (SSSR count). The van der Waals surface area contributed by atoms with Crippen LogP contribution in [0.3, 0.4) is 0 Å². The molecular weight excluding hydrogens is 294 g/mol. The summed E-state index contributed by atoms with van der Waals surface area (Å²) >= 11 is 0. The van der Waals surface area contributed by atoms with E-state index in [1.807, 2.05) is 31.6 Å². The van der Waals surface area contributed by atoms with Crippen molar-refractivity contribution in [1.29, 1.82) is 0 Å². The molecule has 0 atom stereocenters. The maximum Gasteiger partial charge on any atom is 0.234 e. The van der Waals surface area contributed by atoms with Crippen LogP contribution in [-0.4, -0.2) is 58.0 Å². The van der Waals surface area contributed by atoms with E-state index in [2.05, 4.69) is 24.7 Å². The number of nitrogens with zero attached hydrogens (tertiary/aromatic N) is 4. The summed E-state index contributed by atoms with van der Waals surface area (Å²) in [7, 11) is 2.02. The highest BCUT2D eigenvalue weighted by atomic mass is 16.3. The smallest absolute Gasteiger partial charge is 0.234 e. The van der Waals surface area contributed by atoms with E-state index in [0.29, 0.717) is 13.1 Å². The minimum atomic E-state index is 0.0407. The first-order chi connectivity index (χ1) is 11.2. The predicted octanol–water partition coefficient (Wildman–Crippen LogP) is 0.447. The number of furan rings is 1. The van der Waals surface area contributed by atoms with Crippen molar-refractivity contribution in [2.75, 3.05) is 32.7 Å². The Balaban J connectivity index is 1.37. The Kier molecular flexibility index (Phi) is 5.09. The van der Waals surface area contributed by atoms with Gasteiger partial charge in [-0.05, 0) is 12.1 Å². The van der Waals surface area contributed by atoms with E-state index in [9.17, 15) is 4.79 Å². The summed E-state index contributed by atoms with van der Waals surface area (Å²) in [5.41, 5.74) is 0. The summed E-state index contributed by atoms with van der Waals surface area (Å²) in [4.78, 5) is 20.9. The number of carbonyl (C=O) groups excluding carboxylic acids is 1. The number of hydrogen-bond donors (Lipinski definition) is 1. The second-order valence-electron chi connectivity index (χ2n) is 5.86. The Morgan fingerprint density at radius 2 is 2.09 bits per heavy atom. The van der Waals surface area contributed by atoms with E-state index in [4.69, 9.17) is 4.42 Å². The average molecular weight is 317 g/mol. The van der Waals surface area contributed by atoms with E-state index < -0.39 is 0 Å². The molecule has 7 nitrogen and oxygen atoms in total. The third-order valence-corrected chi connectivity index (χ3v) is 4.16. The normalized spacial score (nSPS) is 16.6. The van der Waals surface area contributed by atoms with E-state index in [0.717, 1.165) is 44.3 Å². The molecule has 23 heavy (non-hydrogen) atoms. The van der Waals surface area contributed by atoms with Gasteiger partial charge in [-0.15, -0.1) is 0 Å². The SMILES string of the molecule is Cn1ccnc1CN1CCN(CC(=O)NCc2ccco2)CC1. The summed E-state index contributed by atoms with van der Waals surface area (Å²) in [6.45, 7) is 5.47. The summed E-state index contributed by atoms with van der Waals surface area (Å²) in [5, 5.41) is 2.89. The lowest BCUT2D eigenvalue weighted by Gasteiger charge is -2.33. The maximum atomic E-state index is 12.0. The van der Waals surface area contributed by atoms with Gasteiger partial charge >= 0.3 is 0 Å². The van der Waals surface area contributed by atoms with Gasteiger partial charge in [-0.2, -0.15) is 0 Å². The van der Waals surface area contributed by atoms with Crippen LogP contribution in [0.1, 0.15) is 11.6 Å². The molecule has 2 aromatic heterocycles. The molecule has 7 heteroatoms. The Morgan fingerprint density at radius 3 is 2.74 bits per heavy atom. The fourth-order valence-electron chi connectivity index (χ4n) is 2.71. The molecule has 2 aromatic rings. The third kappa shape index (κ3) is 4.43. The van der Waals surface area contributed by atoms with Gasteiger partial charge in [0.05, 0.1) is 25.9 Å². The van der Waals surface area contributed by atoms with Crippen LogP contribution in [0.25, 0.3) is 0 Å². The maximum absolute atomic E-state index is 12.0. The van der Waals surface area contributed by atoms with Crippen molar-refractivity contribution in [3.63, 3.8) is 0 Å². The van der Waals surface area contributed by atoms with Crippen molar-refractivity contribution >= 4 is 5.91 Å². The van der Waals surface area contributed by atoms with Crippen molar-refractivity contribution in [1.82, 2.24) is 24.7 Å². The van der Waals surface area contributed by atoms with Crippen LogP contribution >= 0.6 is 0 Å². The van der Waals surface area contributed by atoms with Crippen LogP contribution in [0.15, 0.2) is 35.2 Å². The zero-order valence-corrected chi connectivity index (χ0v) is 13.4. The fourth-order valence-corrected chi connectivity index (χ4v) is 2.71. The number of rotatable bonds is 6. The molecule has 0 saturated carbocycles. The zero-order chi connectivity index (χ0) is 16.1. The molecule has 1 N–H and O–H groups in total. The topological polar surface area (TPSA) is 66.5 Å². The minimum absolute atomic E-state index is 0.0407. The number of aromatic nitrogens is 2. The number of piperazine rings is 1. The first-order valence-electron chi connectivity index (χ1n) is 7.91. The summed E-state index contributed by atoms with van der Waals surface area (Å²) in [5.74, 6) is 1.90. The Hall–Kier alpha value is -2.12. The highest BCUT2D eigenvalue weighted by Gasteiger charge is 2.19. The number of hydrogen-bond acceptors (Lipinski definition) is 5. The van der Waals surface area contributed by atoms with Gasteiger partial charge in [-0.3, -0.25) is 14.6 Å². The van der Waals surface area contributed by atoms with Crippen LogP contribution in [-0.2, 0) is 24.9 Å². The second kappa shape index (κ2) is 7.43. The summed E-state index contributed by atoms with van der Waals surface area (Å²) < 4.78 is 7.25. The molecule has 1 fully saturated rings. The number of aryl methyl sites for hydroxylation is 1. The van der Waals surface area contributed by atoms with Gasteiger partial charge < -0.3 is 14.3 Å². The third-order valence-electron chi connectivity index (χ3n) is 4.16. The van der Waals surface area contributed by atoms with Gasteiger partial charge in [0.2, 0.25) is 5.91 Å². The quantitative estimate of drug-likeness (QED) is 0.838. The van der Waals surface area contributed by atoms with Crippen LogP contribution in [0.2, 0.25) is 0 Å². The van der Waals surface area contributed by atoms with E-state index in [1.54, 1.807) is 6.26 Å². The summed E-state index contributed by atoms with van der Waals surface area (Å²) in [6, 6.07) is 3.68. The molecule has 0 spiro atoms. The van der Waals surface area contributed by atoms with Gasteiger partial charge in [0.25, 0.3) is 0 Å². The Bertz CT molecular complexity index is 614. The van der Waals surface area contributed by atoms with Gasteiger partial charge in [0, 0.05) is 45.6 Å². The molecule has 1 aliphatic heterocycles. The van der Waals surface area contributed by atoms with Crippen LogP contribution < -0.4 is 5.32 Å². The predicted molar refractivity (Wildman–Crippen MR) is 85.5 cm³/mol. The largest absolute Gasteiger partial charge is 0.467 e. The lowest BCUT2D eigenvalue weighted by Crippen LogP contribution is -2.49. The summed E-state index contributed by atoms with van der Waals surface area (Å²) in [6.07, 6.45) is 5.41. The molecular formula is C16H23N5O2. The number of amides is 1. The number of carbonyl (C=O) groups is 1. The van der Waals surface area contributed by atoms with Crippen LogP contribution in [0, 0.1) is 0 Å². The fraction of sp³-hybridized carbons (Fsp3) is 0.500. The highest BCUT2D eigenvalue weighted by Crippen LogP contribution is 2.06. The number of imidazole rings is 1. The van der Waals surface area contributed by atoms with Crippen molar-refractivity contribution in [3.05, 3.63) is 42.4 Å². The molecule has 0 radical (unpaired) electrons. The van der Waals surface area contributed by atoms with Gasteiger partial charge in [0.1, 0.15) is 11.6 Å². The molecule has 124 valence electrons. The van der Waals surface area contributed by atoms with Gasteiger partial charge in [-0.25, -0.2) is 4.98 Å². The lowest BCUT2D eigenvalue weighted by molar-refractivity contribution is -0.122. The second-order valence-corrected chi connectivity index (χ2v) is 5.86. The highest BCUT2D eigenvalue weighted by molar-refractivity contribution is 5.77. The van der Waals surface area contributed by atoms with Crippen molar-refractivity contribution in [3.8, 4) is 0 Å². The van der Waals surface area contributed by atoms with Crippen molar-refractivity contribution in [2.45, 2.75) is 13.1 Å². The molecule has 1 aliphatic rings. The van der Waals surface area contributed by atoms with E-state index in [1.165, 1.54) is 0 Å². The molecule has 0 unspecified atom stereocenters. The van der Waals surface area contributed by atoms with Crippen molar-refractivity contribution in [2.24, 2.45) is 7.05 Å². The van der Waals surface area contributed by atoms with Gasteiger partial charge in [-0.1, -0.05) is 0 Å². The molecule has 3 heterocycles. The average Bonchev–Trinajstić information content (AvgIpc) is 3.20. The van der Waals surface area contributed by atoms with Gasteiger partial charge in [0.15, 0.2) is 0 Å². The standard InChI is InChI=1S/C16H23N5O2/c1-19-5-4-17-15(19)12-20-6-8-21(9-7-20)13-16(22)18-11-14-3-2-10-23-14/h2-5,10H,6-9,11-13H2,1H3,(H,18,22). The lowest BCUT2D eigenvalue weighted by atomic mass is 10.3. The first-order valence-corrected chi connectivity index (χ1v) is 7.91. The van der Waals surface area contributed by atoms with E-state index >= 15 is 0 Å². The molecule has 0 bridgehead atoms. The number of nitrogens with one attached hydrogen (secondary N) is 1. The molecule has 0 aromatic carbocycles. The first kappa shape index (κ1) is 15.8. The zero-order valence-electron chi connectivity index (χ0n) is 13.4. The minimum Gasteiger partial charge on any atom is -0.467 e. The molecule has 1 saturated heterocycles. The molecule has 1 amide bonds. The van der Waals surface area contributed by atoms with E-state index in [-0.39, 0.29) is 5.91 Å². The Labute approximate surface area is 135 Å². The van der Waals surface area contributed by atoms with Crippen molar-refractivity contribution < 1.29 is 9.21 Å².